The fourth-order valence-electron chi connectivity index (χ4n) is 2.02. The lowest BCUT2D eigenvalue weighted by molar-refractivity contribution is 0.619. The molecule has 1 aromatic carbocycles. The average Bonchev–Trinajstić information content (AvgIpc) is 2.62. The number of benzene rings is 1. The summed E-state index contributed by atoms with van der Waals surface area (Å²) in [7, 11) is 0. The van der Waals surface area contributed by atoms with Gasteiger partial charge in [0.25, 0.3) is 0 Å². The predicted octanol–water partition coefficient (Wildman–Crippen LogP) is 4.29. The first kappa shape index (κ1) is 13.6. The van der Waals surface area contributed by atoms with Crippen molar-refractivity contribution in [3.05, 3.63) is 28.3 Å². The number of H-pyrrole nitrogens is 1. The van der Waals surface area contributed by atoms with Crippen LogP contribution < -0.4 is 0 Å². The number of nitrogens with zero attached hydrogens (tertiary/aromatic N) is 1. The minimum atomic E-state index is -0.187. The fourth-order valence-corrected chi connectivity index (χ4v) is 2.81. The van der Waals surface area contributed by atoms with Crippen molar-refractivity contribution in [2.75, 3.05) is 12.0 Å². The lowest BCUT2D eigenvalue weighted by atomic mass is 10.2. The Kier molecular flexibility index (Phi) is 4.45. The molecule has 0 aliphatic rings. The fraction of sp³-hybridized carbons (Fsp3) is 0.462. The minimum absolute atomic E-state index is 0.187. The van der Waals surface area contributed by atoms with Gasteiger partial charge in [0.2, 0.25) is 0 Å². The molecule has 2 nitrogen and oxygen atoms in total. The second-order valence-corrected chi connectivity index (χ2v) is 5.77. The van der Waals surface area contributed by atoms with Crippen LogP contribution >= 0.6 is 24.0 Å². The van der Waals surface area contributed by atoms with Gasteiger partial charge in [-0.25, -0.2) is 4.39 Å². The van der Waals surface area contributed by atoms with E-state index in [2.05, 4.69) is 15.8 Å². The first-order valence-electron chi connectivity index (χ1n) is 6.01. The number of thioether (sulfide) groups is 1. The quantitative estimate of drug-likeness (QED) is 0.653. The highest BCUT2D eigenvalue weighted by molar-refractivity contribution is 7.98. The van der Waals surface area contributed by atoms with E-state index in [1.54, 1.807) is 6.92 Å². The van der Waals surface area contributed by atoms with Gasteiger partial charge in [-0.15, -0.1) is 0 Å². The van der Waals surface area contributed by atoms with E-state index in [9.17, 15) is 4.39 Å². The Morgan fingerprint density at radius 3 is 2.89 bits per heavy atom. The van der Waals surface area contributed by atoms with E-state index in [1.165, 1.54) is 18.2 Å². The summed E-state index contributed by atoms with van der Waals surface area (Å²) in [6.07, 6.45) is 4.39. The molecule has 1 N–H and O–H groups in total. The van der Waals surface area contributed by atoms with E-state index >= 15 is 0 Å². The molecule has 5 heteroatoms. The Labute approximate surface area is 116 Å². The number of imidazole rings is 1. The predicted molar refractivity (Wildman–Crippen MR) is 79.4 cm³/mol. The van der Waals surface area contributed by atoms with Gasteiger partial charge in [-0.2, -0.15) is 11.8 Å². The third-order valence-electron chi connectivity index (χ3n) is 3.03. The molecule has 0 aliphatic carbocycles. The number of nitrogens with one attached hydrogen (secondary N) is 1. The van der Waals surface area contributed by atoms with Gasteiger partial charge in [0.05, 0.1) is 11.0 Å². The number of unbranched alkanes of at least 4 members (excludes halogenated alkanes) is 1. The molecule has 1 heterocycles. The summed E-state index contributed by atoms with van der Waals surface area (Å²) in [6.45, 7) is 2.67. The van der Waals surface area contributed by atoms with Crippen LogP contribution in [-0.4, -0.2) is 21.6 Å². The minimum Gasteiger partial charge on any atom is -0.330 e. The molecule has 2 aromatic rings. The number of aromatic nitrogens is 2. The molecule has 0 bridgehead atoms. The average molecular weight is 284 g/mol. The third-order valence-corrected chi connectivity index (χ3v) is 4.05. The van der Waals surface area contributed by atoms with Crippen molar-refractivity contribution in [3.63, 3.8) is 0 Å². The smallest absolute Gasteiger partial charge is 0.178 e. The van der Waals surface area contributed by atoms with Gasteiger partial charge in [0.1, 0.15) is 5.82 Å². The molecule has 0 atom stereocenters. The summed E-state index contributed by atoms with van der Waals surface area (Å²) in [6, 6.07) is 3.39. The summed E-state index contributed by atoms with van der Waals surface area (Å²) < 4.78 is 16.2. The lowest BCUT2D eigenvalue weighted by Crippen LogP contribution is -1.99. The van der Waals surface area contributed by atoms with Crippen LogP contribution in [0.1, 0.15) is 18.4 Å². The molecule has 1 aromatic heterocycles. The Bertz CT molecular complexity index is 601. The van der Waals surface area contributed by atoms with Crippen LogP contribution in [0.4, 0.5) is 4.39 Å². The number of hydrogen-bond acceptors (Lipinski definition) is 2. The monoisotopic (exact) mass is 284 g/mol. The number of rotatable bonds is 5. The van der Waals surface area contributed by atoms with Gasteiger partial charge in [-0.3, -0.25) is 0 Å². The van der Waals surface area contributed by atoms with Crippen LogP contribution in [0.25, 0.3) is 11.0 Å². The molecule has 0 spiro atoms. The van der Waals surface area contributed by atoms with E-state index in [0.29, 0.717) is 10.3 Å². The Balaban J connectivity index is 2.29. The second kappa shape index (κ2) is 5.89. The molecule has 18 heavy (non-hydrogen) atoms. The zero-order chi connectivity index (χ0) is 13.1. The van der Waals surface area contributed by atoms with Gasteiger partial charge < -0.3 is 9.55 Å². The highest BCUT2D eigenvalue weighted by atomic mass is 32.2. The van der Waals surface area contributed by atoms with Crippen molar-refractivity contribution in [3.8, 4) is 0 Å². The highest BCUT2D eigenvalue weighted by Gasteiger charge is 2.07. The lowest BCUT2D eigenvalue weighted by Gasteiger charge is -2.05. The van der Waals surface area contributed by atoms with Crippen LogP contribution in [0.3, 0.4) is 0 Å². The molecular formula is C13H17FN2S2. The van der Waals surface area contributed by atoms with Crippen molar-refractivity contribution in [2.45, 2.75) is 26.3 Å². The molecule has 0 fully saturated rings. The summed E-state index contributed by atoms with van der Waals surface area (Å²) >= 11 is 7.16. The van der Waals surface area contributed by atoms with E-state index in [4.69, 9.17) is 12.2 Å². The van der Waals surface area contributed by atoms with Crippen molar-refractivity contribution in [1.29, 1.82) is 0 Å². The molecule has 0 amide bonds. The van der Waals surface area contributed by atoms with Crippen LogP contribution in [0.5, 0.6) is 0 Å². The maximum Gasteiger partial charge on any atom is 0.178 e. The van der Waals surface area contributed by atoms with Crippen molar-refractivity contribution in [1.82, 2.24) is 9.55 Å². The van der Waals surface area contributed by atoms with Gasteiger partial charge in [-0.1, -0.05) is 0 Å². The number of aryl methyl sites for hydroxylation is 2. The number of aromatic amines is 1. The summed E-state index contributed by atoms with van der Waals surface area (Å²) in [5.41, 5.74) is 2.45. The van der Waals surface area contributed by atoms with Gasteiger partial charge >= 0.3 is 0 Å². The van der Waals surface area contributed by atoms with Crippen LogP contribution in [0.15, 0.2) is 12.1 Å². The zero-order valence-electron chi connectivity index (χ0n) is 10.6. The highest BCUT2D eigenvalue weighted by Crippen LogP contribution is 2.19. The van der Waals surface area contributed by atoms with Crippen LogP contribution in [0.2, 0.25) is 0 Å². The zero-order valence-corrected chi connectivity index (χ0v) is 12.3. The SMILES string of the molecule is CSCCCCn1c(=S)[nH]c2cc(F)c(C)cc21. The summed E-state index contributed by atoms with van der Waals surface area (Å²) in [4.78, 5) is 3.07. The normalized spacial score (nSPS) is 11.3. The standard InChI is InChI=1S/C13H17FN2S2/c1-9-7-12-11(8-10(9)14)15-13(17)16(12)5-3-4-6-18-2/h7-8H,3-6H2,1-2H3,(H,15,17). The van der Waals surface area contributed by atoms with E-state index in [-0.39, 0.29) is 5.82 Å². The first-order chi connectivity index (χ1) is 8.63. The Morgan fingerprint density at radius 1 is 1.39 bits per heavy atom. The topological polar surface area (TPSA) is 20.7 Å². The third kappa shape index (κ3) is 2.78. The Morgan fingerprint density at radius 2 is 2.17 bits per heavy atom. The van der Waals surface area contributed by atoms with Gasteiger partial charge in [-0.05, 0) is 61.7 Å². The number of hydrogen-bond donors (Lipinski definition) is 1. The second-order valence-electron chi connectivity index (χ2n) is 4.40. The first-order valence-corrected chi connectivity index (χ1v) is 7.81. The van der Waals surface area contributed by atoms with Crippen molar-refractivity contribution >= 4 is 35.0 Å². The molecule has 0 saturated heterocycles. The summed E-state index contributed by atoms with van der Waals surface area (Å²) in [5, 5.41) is 0. The van der Waals surface area contributed by atoms with Crippen LogP contribution in [0, 0.1) is 17.5 Å². The van der Waals surface area contributed by atoms with Crippen molar-refractivity contribution < 1.29 is 4.39 Å². The summed E-state index contributed by atoms with van der Waals surface area (Å²) in [5.74, 6) is 0.983. The molecule has 0 aliphatic heterocycles. The largest absolute Gasteiger partial charge is 0.330 e. The number of halogens is 1. The van der Waals surface area contributed by atoms with Gasteiger partial charge in [0.15, 0.2) is 4.77 Å². The maximum atomic E-state index is 13.5. The van der Waals surface area contributed by atoms with E-state index < -0.39 is 0 Å². The number of fused-ring (bicyclic) bond motifs is 1. The molecule has 0 saturated carbocycles. The van der Waals surface area contributed by atoms with Gasteiger partial charge in [0, 0.05) is 6.54 Å². The van der Waals surface area contributed by atoms with E-state index in [0.717, 1.165) is 24.0 Å². The molecule has 2 rings (SSSR count). The molecule has 0 unspecified atom stereocenters. The maximum absolute atomic E-state index is 13.5. The van der Waals surface area contributed by atoms with Crippen molar-refractivity contribution in [2.24, 2.45) is 0 Å². The van der Waals surface area contributed by atoms with E-state index in [1.807, 2.05) is 17.8 Å². The molecule has 0 radical (unpaired) electrons. The molecular weight excluding hydrogens is 267 g/mol. The van der Waals surface area contributed by atoms with Crippen LogP contribution in [-0.2, 0) is 6.54 Å². The molecule has 98 valence electrons. The Hall–Kier alpha value is -0.810.